The lowest BCUT2D eigenvalue weighted by atomic mass is 9.85. The van der Waals surface area contributed by atoms with Gasteiger partial charge in [0.2, 0.25) is 17.6 Å². The van der Waals surface area contributed by atoms with Gasteiger partial charge in [0, 0.05) is 18.9 Å². The molecule has 3 N–H and O–H groups in total. The Morgan fingerprint density at radius 1 is 1.09 bits per heavy atom. The number of hydrogen-bond donors (Lipinski definition) is 3. The summed E-state index contributed by atoms with van der Waals surface area (Å²) in [6, 6.07) is 6.10. The molecule has 2 fully saturated rings. The molecule has 1 aromatic carbocycles. The number of carbonyl (C=O) groups is 5. The predicted octanol–water partition coefficient (Wildman–Crippen LogP) is 2.99. The van der Waals surface area contributed by atoms with E-state index in [9.17, 15) is 24.0 Å². The zero-order valence-corrected chi connectivity index (χ0v) is 26.3. The van der Waals surface area contributed by atoms with E-state index in [0.717, 1.165) is 24.1 Å². The Morgan fingerprint density at radius 2 is 1.80 bits per heavy atom. The van der Waals surface area contributed by atoms with Gasteiger partial charge in [-0.3, -0.25) is 19.2 Å². The molecule has 2 aliphatic heterocycles. The maximum Gasteiger partial charge on any atom is 0.408 e. The van der Waals surface area contributed by atoms with E-state index >= 15 is 0 Å². The first-order valence-electron chi connectivity index (χ1n) is 15.5. The van der Waals surface area contributed by atoms with Crippen molar-refractivity contribution >= 4 is 35.3 Å². The molecule has 4 rings (SSSR count). The molecule has 3 aliphatic rings. The van der Waals surface area contributed by atoms with Gasteiger partial charge in [-0.15, -0.1) is 0 Å². The summed E-state index contributed by atoms with van der Waals surface area (Å²) in [5, 5.41) is 12.4. The quantitative estimate of drug-likeness (QED) is 0.307. The number of nitrogens with zero attached hydrogens (tertiary/aromatic N) is 2. The highest BCUT2D eigenvalue weighted by molar-refractivity contribution is 6.38. The van der Waals surface area contributed by atoms with E-state index < -0.39 is 58.7 Å². The van der Waals surface area contributed by atoms with Crippen molar-refractivity contribution in [3.63, 3.8) is 0 Å². The lowest BCUT2D eigenvalue weighted by Crippen LogP contribution is -2.59. The minimum Gasteiger partial charge on any atom is -0.445 e. The molecule has 0 unspecified atom stereocenters. The van der Waals surface area contributed by atoms with Crippen molar-refractivity contribution in [1.82, 2.24) is 20.9 Å². The monoisotopic (exact) mass is 611 g/mol. The first kappa shape index (κ1) is 32.9. The Hall–Kier alpha value is -3.96. The summed E-state index contributed by atoms with van der Waals surface area (Å²) < 4.78 is 5.40. The van der Waals surface area contributed by atoms with Gasteiger partial charge in [0.15, 0.2) is 5.60 Å². The molecular weight excluding hydrogens is 566 g/mol. The number of carbonyl (C=O) groups excluding carboxylic acids is 5. The molecule has 1 saturated carbocycles. The zero-order chi connectivity index (χ0) is 32.1. The van der Waals surface area contributed by atoms with Crippen molar-refractivity contribution in [2.75, 3.05) is 6.54 Å². The number of amides is 4. The lowest BCUT2D eigenvalue weighted by molar-refractivity contribution is -0.144. The molecule has 240 valence electrons. The minimum atomic E-state index is -1.04. The Balaban J connectivity index is 1.53. The maximum absolute atomic E-state index is 14.2. The molecule has 12 nitrogen and oxygen atoms in total. The van der Waals surface area contributed by atoms with Crippen LogP contribution in [0.5, 0.6) is 0 Å². The molecule has 0 aromatic heterocycles. The second-order valence-corrected chi connectivity index (χ2v) is 13.1. The fourth-order valence-corrected chi connectivity index (χ4v) is 5.56. The van der Waals surface area contributed by atoms with Crippen LogP contribution in [0.3, 0.4) is 0 Å². The van der Waals surface area contributed by atoms with E-state index in [-0.39, 0.29) is 32.0 Å². The highest BCUT2D eigenvalue weighted by Crippen LogP contribution is 2.39. The smallest absolute Gasteiger partial charge is 0.408 e. The third-order valence-corrected chi connectivity index (χ3v) is 8.22. The molecule has 1 aliphatic carbocycles. The molecule has 1 aromatic rings. The number of likely N-dealkylation sites (tertiary alicyclic amines) is 1. The summed E-state index contributed by atoms with van der Waals surface area (Å²) in [5.74, 6) is -2.46. The number of Topliss-reactive ketones (excluding diaryl/α,β-unsaturated/α-hetero) is 1. The SMILES string of the molecule is CCC[C@H](NC(=O)[C@@H]1C[C@]2(CC(CC)=NO2)CN1C(=O)[C@@H](NC(=O)OCc1ccccc1)C(C)(C)C)C(=O)C(=O)NC1CC1. The highest BCUT2D eigenvalue weighted by Gasteiger charge is 2.55. The number of oxime groups is 1. The number of nitrogens with one attached hydrogen (secondary N) is 3. The van der Waals surface area contributed by atoms with E-state index in [2.05, 4.69) is 21.1 Å². The van der Waals surface area contributed by atoms with Crippen LogP contribution < -0.4 is 16.0 Å². The summed E-state index contributed by atoms with van der Waals surface area (Å²) in [6.07, 6.45) is 2.98. The average molecular weight is 612 g/mol. The molecule has 0 radical (unpaired) electrons. The molecule has 4 amide bonds. The predicted molar refractivity (Wildman–Crippen MR) is 162 cm³/mol. The van der Waals surface area contributed by atoms with Crippen LogP contribution in [0.25, 0.3) is 0 Å². The fraction of sp³-hybridized carbons (Fsp3) is 0.625. The van der Waals surface area contributed by atoms with Crippen LogP contribution in [0, 0.1) is 5.41 Å². The number of ketones is 1. The van der Waals surface area contributed by atoms with E-state index in [4.69, 9.17) is 9.57 Å². The van der Waals surface area contributed by atoms with Crippen LogP contribution in [0.15, 0.2) is 35.5 Å². The topological polar surface area (TPSA) is 156 Å². The van der Waals surface area contributed by atoms with Crippen LogP contribution in [0.1, 0.15) is 85.1 Å². The Morgan fingerprint density at radius 3 is 2.39 bits per heavy atom. The van der Waals surface area contributed by atoms with Crippen LogP contribution in [0.4, 0.5) is 4.79 Å². The van der Waals surface area contributed by atoms with Gasteiger partial charge in [-0.2, -0.15) is 0 Å². The summed E-state index contributed by atoms with van der Waals surface area (Å²) in [5.41, 5.74) is -0.0359. The van der Waals surface area contributed by atoms with Gasteiger partial charge in [0.25, 0.3) is 5.91 Å². The summed E-state index contributed by atoms with van der Waals surface area (Å²) in [7, 11) is 0. The van der Waals surface area contributed by atoms with Gasteiger partial charge >= 0.3 is 6.09 Å². The van der Waals surface area contributed by atoms with Crippen LogP contribution >= 0.6 is 0 Å². The zero-order valence-electron chi connectivity index (χ0n) is 26.3. The standard InChI is InChI=1S/C32H45N5O7/c1-6-11-23(25(38)28(40)33-22-14-15-22)34-27(39)24-17-32(16-21(7-2)36-44-32)19-37(24)29(41)26(31(3,4)5)35-30(42)43-18-20-12-9-8-10-13-20/h8-10,12-13,22-24,26H,6-7,11,14-19H2,1-5H3,(H,33,40)(H,34,39)(H,35,42)/t23-,24-,26+,32+/m0/s1. The second kappa shape index (κ2) is 13.8. The van der Waals surface area contributed by atoms with Crippen LogP contribution in [-0.4, -0.2) is 76.5 Å². The van der Waals surface area contributed by atoms with Crippen molar-refractivity contribution in [2.45, 2.75) is 116 Å². The summed E-state index contributed by atoms with van der Waals surface area (Å²) in [4.78, 5) is 73.8. The molecule has 44 heavy (non-hydrogen) atoms. The molecule has 4 atom stereocenters. The van der Waals surface area contributed by atoms with Gasteiger partial charge in [-0.05, 0) is 36.7 Å². The van der Waals surface area contributed by atoms with Crippen molar-refractivity contribution in [2.24, 2.45) is 10.6 Å². The Labute approximate surface area is 258 Å². The van der Waals surface area contributed by atoms with E-state index in [1.807, 2.05) is 65.0 Å². The highest BCUT2D eigenvalue weighted by atomic mass is 16.7. The van der Waals surface area contributed by atoms with Gasteiger partial charge in [-0.25, -0.2) is 4.79 Å². The average Bonchev–Trinajstić information content (AvgIpc) is 3.59. The lowest BCUT2D eigenvalue weighted by Gasteiger charge is -2.35. The molecule has 1 spiro atoms. The molecule has 0 bridgehead atoms. The van der Waals surface area contributed by atoms with Gasteiger partial charge in [-0.1, -0.05) is 76.5 Å². The van der Waals surface area contributed by atoms with E-state index in [1.165, 1.54) is 4.90 Å². The largest absolute Gasteiger partial charge is 0.445 e. The third kappa shape index (κ3) is 8.15. The molecule has 12 heteroatoms. The van der Waals surface area contributed by atoms with E-state index in [1.54, 1.807) is 0 Å². The number of hydrogen-bond acceptors (Lipinski definition) is 8. The van der Waals surface area contributed by atoms with Gasteiger partial charge in [0.05, 0.1) is 18.3 Å². The Bertz CT molecular complexity index is 1270. The first-order chi connectivity index (χ1) is 20.9. The maximum atomic E-state index is 14.2. The number of rotatable bonds is 12. The summed E-state index contributed by atoms with van der Waals surface area (Å²) in [6.45, 7) is 9.35. The molecular formula is C32H45N5O7. The van der Waals surface area contributed by atoms with Crippen molar-refractivity contribution in [3.8, 4) is 0 Å². The van der Waals surface area contributed by atoms with Gasteiger partial charge in [0.1, 0.15) is 18.7 Å². The number of ether oxygens (including phenoxy) is 1. The number of alkyl carbamates (subject to hydrolysis) is 1. The minimum absolute atomic E-state index is 0.000669. The van der Waals surface area contributed by atoms with Crippen LogP contribution in [-0.2, 0) is 35.4 Å². The Kier molecular flexibility index (Phi) is 10.3. The fourth-order valence-electron chi connectivity index (χ4n) is 5.56. The molecule has 2 heterocycles. The second-order valence-electron chi connectivity index (χ2n) is 13.1. The van der Waals surface area contributed by atoms with Crippen molar-refractivity contribution in [3.05, 3.63) is 35.9 Å². The summed E-state index contributed by atoms with van der Waals surface area (Å²) >= 11 is 0. The third-order valence-electron chi connectivity index (χ3n) is 8.22. The number of benzene rings is 1. The van der Waals surface area contributed by atoms with E-state index in [0.29, 0.717) is 19.3 Å². The van der Waals surface area contributed by atoms with Crippen molar-refractivity contribution < 1.29 is 33.5 Å². The van der Waals surface area contributed by atoms with Crippen molar-refractivity contribution in [1.29, 1.82) is 0 Å². The normalized spacial score (nSPS) is 22.4. The van der Waals surface area contributed by atoms with Gasteiger partial charge < -0.3 is 30.4 Å². The first-order valence-corrected chi connectivity index (χ1v) is 15.5. The van der Waals surface area contributed by atoms with Crippen LogP contribution in [0.2, 0.25) is 0 Å². The molecule has 1 saturated heterocycles.